The van der Waals surface area contributed by atoms with Crippen LogP contribution in [0.15, 0.2) is 0 Å². The van der Waals surface area contributed by atoms with E-state index in [-0.39, 0.29) is 16.4 Å². The molecule has 0 atom stereocenters. The molecule has 0 spiro atoms. The van der Waals surface area contributed by atoms with Crippen LogP contribution in [-0.4, -0.2) is 45.6 Å². The maximum atomic E-state index is 13.4. The molecule has 1 amide bonds. The summed E-state index contributed by atoms with van der Waals surface area (Å²) in [7, 11) is 0. The van der Waals surface area contributed by atoms with Gasteiger partial charge in [0, 0.05) is 19.0 Å². The van der Waals surface area contributed by atoms with Crippen molar-refractivity contribution in [3.63, 3.8) is 0 Å². The Morgan fingerprint density at radius 2 is 1.61 bits per heavy atom. The molecule has 2 rings (SSSR count). The first-order valence-corrected chi connectivity index (χ1v) is 10.0. The van der Waals surface area contributed by atoms with Gasteiger partial charge in [0.25, 0.3) is 6.43 Å². The van der Waals surface area contributed by atoms with Crippen molar-refractivity contribution in [1.82, 2.24) is 9.27 Å². The molecule has 9 heteroatoms. The van der Waals surface area contributed by atoms with Crippen LogP contribution in [0.3, 0.4) is 0 Å². The van der Waals surface area contributed by atoms with Gasteiger partial charge in [0.1, 0.15) is 21.6 Å². The maximum Gasteiger partial charge on any atom is 0.410 e. The molecule has 6 nitrogen and oxygen atoms in total. The third kappa shape index (κ3) is 5.86. The molecular weight excluding hydrogens is 390 g/mol. The minimum Gasteiger partial charge on any atom is -0.456 e. The standard InChI is InChI=1S/C19H28F2N2O4S/c1-18(2,3)26-16(24)12-13(22-28-14(12)15(20)21)11-7-9-23(10-8-11)17(25)27-19(4,5)6/h11,15H,7-10H2,1-6H3. The van der Waals surface area contributed by atoms with Gasteiger partial charge in [-0.25, -0.2) is 18.4 Å². The number of likely N-dealkylation sites (tertiary alicyclic amines) is 1. The van der Waals surface area contributed by atoms with E-state index in [9.17, 15) is 18.4 Å². The molecule has 0 radical (unpaired) electrons. The molecule has 1 saturated heterocycles. The summed E-state index contributed by atoms with van der Waals surface area (Å²) in [5.41, 5.74) is -1.15. The molecule has 0 aliphatic carbocycles. The molecule has 28 heavy (non-hydrogen) atoms. The number of esters is 1. The summed E-state index contributed by atoms with van der Waals surface area (Å²) >= 11 is 0.641. The Morgan fingerprint density at radius 1 is 1.07 bits per heavy atom. The number of ether oxygens (including phenoxy) is 2. The Kier molecular flexibility index (Phi) is 6.68. The smallest absolute Gasteiger partial charge is 0.410 e. The van der Waals surface area contributed by atoms with Crippen LogP contribution in [0, 0.1) is 0 Å². The molecule has 1 aliphatic rings. The van der Waals surface area contributed by atoms with Gasteiger partial charge in [-0.2, -0.15) is 4.37 Å². The van der Waals surface area contributed by atoms with Crippen molar-refractivity contribution >= 4 is 23.6 Å². The van der Waals surface area contributed by atoms with E-state index in [1.54, 1.807) is 46.4 Å². The van der Waals surface area contributed by atoms with Gasteiger partial charge >= 0.3 is 12.1 Å². The van der Waals surface area contributed by atoms with Crippen molar-refractivity contribution in [3.8, 4) is 0 Å². The second-order valence-corrected chi connectivity index (χ2v) is 9.66. The lowest BCUT2D eigenvalue weighted by atomic mass is 9.90. The van der Waals surface area contributed by atoms with Gasteiger partial charge in [0.15, 0.2) is 0 Å². The Morgan fingerprint density at radius 3 is 2.07 bits per heavy atom. The van der Waals surface area contributed by atoms with E-state index < -0.39 is 29.7 Å². The first kappa shape index (κ1) is 22.5. The van der Waals surface area contributed by atoms with Crippen LogP contribution in [0.1, 0.15) is 87.7 Å². The van der Waals surface area contributed by atoms with Crippen LogP contribution >= 0.6 is 11.5 Å². The number of rotatable bonds is 3. The van der Waals surface area contributed by atoms with Gasteiger partial charge in [-0.1, -0.05) is 0 Å². The highest BCUT2D eigenvalue weighted by atomic mass is 32.1. The first-order valence-electron chi connectivity index (χ1n) is 9.27. The average Bonchev–Trinajstić information content (AvgIpc) is 2.97. The van der Waals surface area contributed by atoms with Crippen LogP contribution in [0.2, 0.25) is 0 Å². The fraction of sp³-hybridized carbons (Fsp3) is 0.737. The summed E-state index contributed by atoms with van der Waals surface area (Å²) in [6, 6.07) is 0. The summed E-state index contributed by atoms with van der Waals surface area (Å²) in [5, 5.41) is 0. The zero-order valence-corrected chi connectivity index (χ0v) is 18.0. The number of hydrogen-bond acceptors (Lipinski definition) is 6. The lowest BCUT2D eigenvalue weighted by Gasteiger charge is -2.33. The number of alkyl halides is 2. The molecule has 1 aromatic rings. The predicted molar refractivity (Wildman–Crippen MR) is 102 cm³/mol. The summed E-state index contributed by atoms with van der Waals surface area (Å²) in [6.45, 7) is 11.3. The van der Waals surface area contributed by atoms with Crippen molar-refractivity contribution in [2.24, 2.45) is 0 Å². The van der Waals surface area contributed by atoms with Crippen LogP contribution in [0.25, 0.3) is 0 Å². The van der Waals surface area contributed by atoms with Crippen molar-refractivity contribution in [1.29, 1.82) is 0 Å². The zero-order chi connectivity index (χ0) is 21.3. The van der Waals surface area contributed by atoms with E-state index in [0.717, 1.165) is 0 Å². The van der Waals surface area contributed by atoms with Gasteiger partial charge in [-0.3, -0.25) is 0 Å². The number of halogens is 2. The normalized spacial score (nSPS) is 16.4. The van der Waals surface area contributed by atoms with Crippen molar-refractivity contribution in [2.45, 2.75) is 77.9 Å². The Balaban J connectivity index is 2.16. The SMILES string of the molecule is CC(C)(C)OC(=O)c1c(C2CCN(C(=O)OC(C)(C)C)CC2)nsc1C(F)F. The number of piperidine rings is 1. The fourth-order valence-electron chi connectivity index (χ4n) is 2.94. The molecular formula is C19H28F2N2O4S. The van der Waals surface area contributed by atoms with E-state index in [1.807, 2.05) is 0 Å². The van der Waals surface area contributed by atoms with E-state index in [1.165, 1.54) is 0 Å². The van der Waals surface area contributed by atoms with E-state index in [4.69, 9.17) is 9.47 Å². The lowest BCUT2D eigenvalue weighted by Crippen LogP contribution is -2.41. The van der Waals surface area contributed by atoms with Gasteiger partial charge in [0.2, 0.25) is 0 Å². The summed E-state index contributed by atoms with van der Waals surface area (Å²) in [4.78, 5) is 26.0. The summed E-state index contributed by atoms with van der Waals surface area (Å²) in [5.74, 6) is -0.967. The number of aromatic nitrogens is 1. The number of amides is 1. The van der Waals surface area contributed by atoms with Crippen molar-refractivity contribution in [2.75, 3.05) is 13.1 Å². The monoisotopic (exact) mass is 418 g/mol. The van der Waals surface area contributed by atoms with E-state index in [2.05, 4.69) is 4.37 Å². The predicted octanol–water partition coefficient (Wildman–Crippen LogP) is 5.15. The Hall–Kier alpha value is -1.77. The van der Waals surface area contributed by atoms with Gasteiger partial charge in [-0.05, 0) is 65.9 Å². The van der Waals surface area contributed by atoms with Crippen molar-refractivity contribution < 1.29 is 27.8 Å². The molecule has 0 unspecified atom stereocenters. The molecule has 1 fully saturated rings. The quantitative estimate of drug-likeness (QED) is 0.635. The van der Waals surface area contributed by atoms with E-state index >= 15 is 0 Å². The highest BCUT2D eigenvalue weighted by Crippen LogP contribution is 2.38. The van der Waals surface area contributed by atoms with Gasteiger partial charge in [0.05, 0.1) is 5.69 Å². The largest absolute Gasteiger partial charge is 0.456 e. The molecule has 2 heterocycles. The first-order chi connectivity index (χ1) is 12.8. The highest BCUT2D eigenvalue weighted by molar-refractivity contribution is 7.06. The Labute approximate surface area is 168 Å². The number of carbonyl (C=O) groups excluding carboxylic acids is 2. The third-order valence-electron chi connectivity index (χ3n) is 4.08. The molecule has 0 bridgehead atoms. The topological polar surface area (TPSA) is 68.7 Å². The second-order valence-electron chi connectivity index (χ2n) is 8.85. The van der Waals surface area contributed by atoms with Gasteiger partial charge < -0.3 is 14.4 Å². The molecule has 0 N–H and O–H groups in total. The fourth-order valence-corrected chi connectivity index (χ4v) is 3.74. The van der Waals surface area contributed by atoms with Gasteiger partial charge in [-0.15, -0.1) is 0 Å². The zero-order valence-electron chi connectivity index (χ0n) is 17.2. The maximum absolute atomic E-state index is 13.4. The van der Waals surface area contributed by atoms with Crippen molar-refractivity contribution in [3.05, 3.63) is 16.1 Å². The highest BCUT2D eigenvalue weighted by Gasteiger charge is 2.35. The Bertz CT molecular complexity index is 714. The molecule has 1 aliphatic heterocycles. The van der Waals surface area contributed by atoms with Crippen LogP contribution in [0.5, 0.6) is 0 Å². The third-order valence-corrected chi connectivity index (χ3v) is 4.95. The molecule has 0 saturated carbocycles. The number of carbonyl (C=O) groups is 2. The minimum absolute atomic E-state index is 0.120. The molecule has 0 aromatic carbocycles. The lowest BCUT2D eigenvalue weighted by molar-refractivity contribution is 0.00570. The minimum atomic E-state index is -2.80. The molecule has 158 valence electrons. The summed E-state index contributed by atoms with van der Waals surface area (Å²) < 4.78 is 41.7. The average molecular weight is 419 g/mol. The molecule has 1 aromatic heterocycles. The van der Waals surface area contributed by atoms with E-state index in [0.29, 0.717) is 43.2 Å². The second kappa shape index (κ2) is 8.31. The number of nitrogens with zero attached hydrogens (tertiary/aromatic N) is 2. The van der Waals surface area contributed by atoms with Crippen LogP contribution < -0.4 is 0 Å². The summed E-state index contributed by atoms with van der Waals surface area (Å²) in [6.07, 6.45) is -2.16. The van der Waals surface area contributed by atoms with Crippen LogP contribution in [-0.2, 0) is 9.47 Å². The number of hydrogen-bond donors (Lipinski definition) is 0. The van der Waals surface area contributed by atoms with Crippen LogP contribution in [0.4, 0.5) is 13.6 Å².